The van der Waals surface area contributed by atoms with Crippen molar-refractivity contribution in [2.45, 2.75) is 132 Å². The van der Waals surface area contributed by atoms with Crippen LogP contribution in [0, 0.1) is 56.2 Å². The van der Waals surface area contributed by atoms with Crippen LogP contribution in [0.15, 0.2) is 48.1 Å². The van der Waals surface area contributed by atoms with Gasteiger partial charge in [-0.1, -0.05) is 78.3 Å². The van der Waals surface area contributed by atoms with Crippen LogP contribution in [-0.4, -0.2) is 11.6 Å². The quantitative estimate of drug-likeness (QED) is 0.249. The molecule has 2 heteroatoms. The van der Waals surface area contributed by atoms with Gasteiger partial charge in [0, 0.05) is 22.8 Å². The Bertz CT molecular complexity index is 1280. The number of Topliss-reactive ketones (excluding diaryl/α,β-unsaturated/α-hetero) is 2. The number of hydrogen-bond acceptors (Lipinski definition) is 2. The van der Waals surface area contributed by atoms with E-state index in [9.17, 15) is 9.59 Å². The summed E-state index contributed by atoms with van der Waals surface area (Å²) in [5, 5.41) is 0. The molecular formula is C40H58O2. The smallest absolute Gasteiger partial charge is 0.185 e. The molecule has 0 aromatic carbocycles. The second-order valence-corrected chi connectivity index (χ2v) is 18.0. The first-order valence-corrected chi connectivity index (χ1v) is 17.3. The number of ketones is 2. The molecule has 0 heterocycles. The third-order valence-electron chi connectivity index (χ3n) is 15.1. The van der Waals surface area contributed by atoms with Crippen molar-refractivity contribution >= 4 is 11.6 Å². The van der Waals surface area contributed by atoms with Crippen molar-refractivity contribution in [3.8, 4) is 0 Å². The number of allylic oxidation sites excluding steroid dienone is 6. The zero-order valence-electron chi connectivity index (χ0n) is 28.0. The lowest BCUT2D eigenvalue weighted by atomic mass is 9.43. The lowest BCUT2D eigenvalue weighted by Gasteiger charge is -2.61. The van der Waals surface area contributed by atoms with Crippen molar-refractivity contribution in [1.29, 1.82) is 0 Å². The van der Waals surface area contributed by atoms with E-state index < -0.39 is 5.41 Å². The van der Waals surface area contributed by atoms with Gasteiger partial charge in [-0.2, -0.15) is 0 Å². The third kappa shape index (κ3) is 4.30. The van der Waals surface area contributed by atoms with Gasteiger partial charge in [-0.3, -0.25) is 9.59 Å². The molecule has 0 aromatic rings. The second-order valence-electron chi connectivity index (χ2n) is 18.0. The summed E-state index contributed by atoms with van der Waals surface area (Å²) in [6.45, 7) is 25.4. The SMILES string of the molecule is C=C[C@@]1(C)CC[C@@]2(C)[C@@H](CC[C@]3(C)C(=C)C(=O)C(CC(=O)[C@@]4(C)C=C5CC[C@H]6C(C)(C)CCC[C@]6(C)[C@H]5CC4)=C[C@H]23)C1. The zero-order chi connectivity index (χ0) is 30.5. The Hall–Kier alpha value is -1.70. The molecule has 6 aliphatic rings. The highest BCUT2D eigenvalue weighted by molar-refractivity contribution is 6.12. The van der Waals surface area contributed by atoms with Gasteiger partial charge in [0.2, 0.25) is 0 Å². The highest BCUT2D eigenvalue weighted by Gasteiger charge is 2.59. The molecule has 0 aliphatic heterocycles. The summed E-state index contributed by atoms with van der Waals surface area (Å²) in [5.41, 5.74) is 3.45. The maximum absolute atomic E-state index is 14.2. The minimum absolute atomic E-state index is 0.0540. The predicted molar refractivity (Wildman–Crippen MR) is 174 cm³/mol. The Morgan fingerprint density at radius 3 is 2.38 bits per heavy atom. The minimum Gasteiger partial charge on any atom is -0.298 e. The van der Waals surface area contributed by atoms with E-state index in [4.69, 9.17) is 0 Å². The Morgan fingerprint density at radius 2 is 1.67 bits per heavy atom. The van der Waals surface area contributed by atoms with Gasteiger partial charge >= 0.3 is 0 Å². The molecule has 0 N–H and O–H groups in total. The molecule has 0 aromatic heterocycles. The maximum atomic E-state index is 14.2. The molecule has 0 spiro atoms. The topological polar surface area (TPSA) is 34.1 Å². The van der Waals surface area contributed by atoms with E-state index in [1.807, 2.05) is 0 Å². The molecule has 4 fully saturated rings. The van der Waals surface area contributed by atoms with Gasteiger partial charge in [-0.05, 0) is 128 Å². The molecule has 6 aliphatic carbocycles. The van der Waals surface area contributed by atoms with E-state index in [1.54, 1.807) is 5.57 Å². The summed E-state index contributed by atoms with van der Waals surface area (Å²) in [5.74, 6) is 2.55. The molecule has 4 saturated carbocycles. The number of hydrogen-bond donors (Lipinski definition) is 0. The highest BCUT2D eigenvalue weighted by Crippen LogP contribution is 2.67. The molecule has 42 heavy (non-hydrogen) atoms. The lowest BCUT2D eigenvalue weighted by molar-refractivity contribution is -0.128. The largest absolute Gasteiger partial charge is 0.298 e. The van der Waals surface area contributed by atoms with E-state index in [-0.39, 0.29) is 40.2 Å². The van der Waals surface area contributed by atoms with Crippen molar-refractivity contribution in [2.24, 2.45) is 56.2 Å². The van der Waals surface area contributed by atoms with Crippen molar-refractivity contribution in [1.82, 2.24) is 0 Å². The number of rotatable bonds is 4. The van der Waals surface area contributed by atoms with Gasteiger partial charge in [0.05, 0.1) is 0 Å². The van der Waals surface area contributed by atoms with Gasteiger partial charge in [0.25, 0.3) is 0 Å². The van der Waals surface area contributed by atoms with Crippen LogP contribution in [0.1, 0.15) is 132 Å². The summed E-state index contributed by atoms with van der Waals surface area (Å²) in [6, 6.07) is 0. The van der Waals surface area contributed by atoms with Crippen LogP contribution in [0.25, 0.3) is 0 Å². The minimum atomic E-state index is -0.474. The number of carbonyl (C=O) groups is 2. The normalized spacial score (nSPS) is 48.1. The Morgan fingerprint density at radius 1 is 0.929 bits per heavy atom. The second kappa shape index (κ2) is 9.65. The summed E-state index contributed by atoms with van der Waals surface area (Å²) in [7, 11) is 0. The maximum Gasteiger partial charge on any atom is 0.185 e. The fraction of sp³-hybridized carbons (Fsp3) is 0.750. The summed E-state index contributed by atoms with van der Waals surface area (Å²) >= 11 is 0. The van der Waals surface area contributed by atoms with E-state index in [0.29, 0.717) is 22.7 Å². The highest BCUT2D eigenvalue weighted by atomic mass is 16.1. The van der Waals surface area contributed by atoms with Crippen LogP contribution in [0.4, 0.5) is 0 Å². The van der Waals surface area contributed by atoms with Gasteiger partial charge in [-0.25, -0.2) is 0 Å². The predicted octanol–water partition coefficient (Wildman–Crippen LogP) is 10.4. The Balaban J connectivity index is 1.27. The summed E-state index contributed by atoms with van der Waals surface area (Å²) in [4.78, 5) is 28.1. The Kier molecular flexibility index (Phi) is 6.97. The van der Waals surface area contributed by atoms with Gasteiger partial charge in [-0.15, -0.1) is 6.58 Å². The number of fused-ring (bicyclic) bond motifs is 6. The van der Waals surface area contributed by atoms with Crippen LogP contribution in [0.2, 0.25) is 0 Å². The molecule has 0 saturated heterocycles. The molecule has 0 amide bonds. The van der Waals surface area contributed by atoms with E-state index in [2.05, 4.69) is 79.9 Å². The van der Waals surface area contributed by atoms with Crippen LogP contribution >= 0.6 is 0 Å². The molecule has 6 rings (SSSR count). The van der Waals surface area contributed by atoms with Crippen LogP contribution in [0.5, 0.6) is 0 Å². The van der Waals surface area contributed by atoms with Gasteiger partial charge in [0.15, 0.2) is 5.78 Å². The first-order chi connectivity index (χ1) is 19.5. The molecule has 0 bridgehead atoms. The zero-order valence-corrected chi connectivity index (χ0v) is 28.0. The summed E-state index contributed by atoms with van der Waals surface area (Å²) < 4.78 is 0. The Labute approximate surface area is 257 Å². The number of carbonyl (C=O) groups excluding carboxylic acids is 2. The first-order valence-electron chi connectivity index (χ1n) is 17.3. The summed E-state index contributed by atoms with van der Waals surface area (Å²) in [6.07, 6.45) is 21.1. The monoisotopic (exact) mass is 570 g/mol. The lowest BCUT2D eigenvalue weighted by Crippen LogP contribution is -2.54. The fourth-order valence-electron chi connectivity index (χ4n) is 12.0. The third-order valence-corrected chi connectivity index (χ3v) is 15.1. The van der Waals surface area contributed by atoms with Crippen LogP contribution < -0.4 is 0 Å². The van der Waals surface area contributed by atoms with Crippen molar-refractivity contribution in [3.63, 3.8) is 0 Å². The van der Waals surface area contributed by atoms with Gasteiger partial charge < -0.3 is 0 Å². The molecule has 230 valence electrons. The average molecular weight is 571 g/mol. The van der Waals surface area contributed by atoms with Crippen LogP contribution in [-0.2, 0) is 9.59 Å². The van der Waals surface area contributed by atoms with Crippen LogP contribution in [0.3, 0.4) is 0 Å². The van der Waals surface area contributed by atoms with E-state index >= 15 is 0 Å². The van der Waals surface area contributed by atoms with E-state index in [0.717, 1.165) is 62.0 Å². The van der Waals surface area contributed by atoms with E-state index in [1.165, 1.54) is 32.1 Å². The molecular weight excluding hydrogens is 512 g/mol. The molecule has 2 nitrogen and oxygen atoms in total. The van der Waals surface area contributed by atoms with Gasteiger partial charge in [0.1, 0.15) is 5.78 Å². The molecule has 0 unspecified atom stereocenters. The molecule has 9 atom stereocenters. The standard InChI is InChI=1S/C40H58O2/c1-10-36(5)20-21-39(8)29(25-36)14-19-38(7)26(2)34(42)28(22-32(38)39)23-33(41)37(6)18-15-30-27(24-37)12-13-31-35(3,4)16-11-17-40(30,31)9/h10,22,24,29-32H,1-2,11-21,23,25H2,3-9H3/t29-,30-,31-,32-,36-,37+,38+,39-,40+/m0/s1. The average Bonchev–Trinajstić information content (AvgIpc) is 2.93. The first kappa shape index (κ1) is 30.3. The van der Waals surface area contributed by atoms with Crippen molar-refractivity contribution in [3.05, 3.63) is 48.1 Å². The molecule has 0 radical (unpaired) electrons. The van der Waals surface area contributed by atoms with Crippen molar-refractivity contribution in [2.75, 3.05) is 0 Å². The fourth-order valence-corrected chi connectivity index (χ4v) is 12.0. The van der Waals surface area contributed by atoms with Crippen molar-refractivity contribution < 1.29 is 9.59 Å².